The summed E-state index contributed by atoms with van der Waals surface area (Å²) in [6.45, 7) is 6.41. The molecule has 1 heterocycles. The van der Waals surface area contributed by atoms with Crippen LogP contribution in [0.3, 0.4) is 0 Å². The van der Waals surface area contributed by atoms with E-state index in [0.29, 0.717) is 18.4 Å². The highest BCUT2D eigenvalue weighted by Gasteiger charge is 2.32. The van der Waals surface area contributed by atoms with Crippen molar-refractivity contribution < 1.29 is 4.79 Å². The fourth-order valence-electron chi connectivity index (χ4n) is 2.59. The van der Waals surface area contributed by atoms with Crippen molar-refractivity contribution in [3.05, 3.63) is 0 Å². The van der Waals surface area contributed by atoms with E-state index in [1.165, 1.54) is 12.8 Å². The summed E-state index contributed by atoms with van der Waals surface area (Å²) in [5, 5.41) is 3.14. The van der Waals surface area contributed by atoms with Crippen molar-refractivity contribution in [2.75, 3.05) is 13.1 Å². The van der Waals surface area contributed by atoms with E-state index in [4.69, 9.17) is 5.73 Å². The van der Waals surface area contributed by atoms with Gasteiger partial charge in [0.1, 0.15) is 0 Å². The highest BCUT2D eigenvalue weighted by molar-refractivity contribution is 5.76. The summed E-state index contributed by atoms with van der Waals surface area (Å²) in [6, 6.07) is 1.21. The summed E-state index contributed by atoms with van der Waals surface area (Å²) >= 11 is 0. The van der Waals surface area contributed by atoms with Crippen LogP contribution >= 0.6 is 0 Å². The molecule has 2 fully saturated rings. The largest absolute Gasteiger partial charge is 0.353 e. The minimum absolute atomic E-state index is 0.0171. The van der Waals surface area contributed by atoms with Crippen molar-refractivity contribution in [1.29, 1.82) is 0 Å². The fourth-order valence-corrected chi connectivity index (χ4v) is 2.59. The molecule has 3 N–H and O–H groups in total. The van der Waals surface area contributed by atoms with E-state index in [2.05, 4.69) is 24.1 Å². The number of hydrogen-bond donors (Lipinski definition) is 2. The topological polar surface area (TPSA) is 58.4 Å². The van der Waals surface area contributed by atoms with E-state index >= 15 is 0 Å². The molecule has 1 unspecified atom stereocenters. The van der Waals surface area contributed by atoms with Crippen LogP contribution in [0.15, 0.2) is 0 Å². The van der Waals surface area contributed by atoms with E-state index in [-0.39, 0.29) is 11.9 Å². The van der Waals surface area contributed by atoms with Crippen LogP contribution in [0.4, 0.5) is 0 Å². The molecule has 18 heavy (non-hydrogen) atoms. The highest BCUT2D eigenvalue weighted by atomic mass is 16.1. The van der Waals surface area contributed by atoms with Gasteiger partial charge in [-0.1, -0.05) is 13.8 Å². The quantitative estimate of drug-likeness (QED) is 0.771. The molecule has 0 radical (unpaired) electrons. The predicted octanol–water partition coefficient (Wildman–Crippen LogP) is 1.10. The molecule has 1 amide bonds. The first kappa shape index (κ1) is 13.8. The maximum atomic E-state index is 11.8. The van der Waals surface area contributed by atoms with Gasteiger partial charge >= 0.3 is 0 Å². The first-order chi connectivity index (χ1) is 8.56. The van der Waals surface area contributed by atoms with Gasteiger partial charge in [0.15, 0.2) is 0 Å². The second-order valence-electron chi connectivity index (χ2n) is 6.22. The molecule has 1 saturated carbocycles. The number of hydrogen-bond acceptors (Lipinski definition) is 3. The van der Waals surface area contributed by atoms with E-state index in [9.17, 15) is 4.79 Å². The van der Waals surface area contributed by atoms with Crippen LogP contribution in [0.25, 0.3) is 0 Å². The average Bonchev–Trinajstić information content (AvgIpc) is 3.13. The normalized spacial score (nSPS) is 24.2. The molecule has 0 spiro atoms. The second-order valence-corrected chi connectivity index (χ2v) is 6.22. The Morgan fingerprint density at radius 2 is 1.89 bits per heavy atom. The van der Waals surface area contributed by atoms with E-state index in [0.717, 1.165) is 32.0 Å². The molecule has 0 aromatic carbocycles. The number of nitrogens with zero attached hydrogens (tertiary/aromatic N) is 1. The van der Waals surface area contributed by atoms with Crippen molar-refractivity contribution in [2.24, 2.45) is 11.7 Å². The van der Waals surface area contributed by atoms with Crippen molar-refractivity contribution in [3.8, 4) is 0 Å². The number of nitrogens with two attached hydrogens (primary N) is 1. The third-order valence-electron chi connectivity index (χ3n) is 4.24. The van der Waals surface area contributed by atoms with Crippen molar-refractivity contribution in [1.82, 2.24) is 10.2 Å². The highest BCUT2D eigenvalue weighted by Crippen LogP contribution is 2.29. The Morgan fingerprint density at radius 3 is 2.39 bits per heavy atom. The van der Waals surface area contributed by atoms with Gasteiger partial charge in [-0.2, -0.15) is 0 Å². The Kier molecular flexibility index (Phi) is 4.62. The van der Waals surface area contributed by atoms with Crippen LogP contribution in [0.1, 0.15) is 46.0 Å². The molecule has 2 aliphatic rings. The smallest absolute Gasteiger partial charge is 0.221 e. The van der Waals surface area contributed by atoms with Gasteiger partial charge in [0.05, 0.1) is 0 Å². The number of nitrogens with one attached hydrogen (secondary N) is 1. The summed E-state index contributed by atoms with van der Waals surface area (Å²) < 4.78 is 0. The number of carbonyl (C=O) groups is 1. The van der Waals surface area contributed by atoms with Crippen LogP contribution in [0.2, 0.25) is 0 Å². The first-order valence-electron chi connectivity index (χ1n) is 7.35. The summed E-state index contributed by atoms with van der Waals surface area (Å²) in [6.07, 6.45) is 5.40. The number of piperidine rings is 1. The van der Waals surface area contributed by atoms with E-state index < -0.39 is 0 Å². The molecule has 2 rings (SSSR count). The van der Waals surface area contributed by atoms with Crippen molar-refractivity contribution >= 4 is 5.91 Å². The predicted molar refractivity (Wildman–Crippen MR) is 73.2 cm³/mol. The van der Waals surface area contributed by atoms with Crippen LogP contribution < -0.4 is 11.1 Å². The zero-order valence-corrected chi connectivity index (χ0v) is 11.7. The van der Waals surface area contributed by atoms with E-state index in [1.807, 2.05) is 0 Å². The monoisotopic (exact) mass is 253 g/mol. The molecular weight excluding hydrogens is 226 g/mol. The molecule has 1 saturated heterocycles. The van der Waals surface area contributed by atoms with Crippen LogP contribution in [0.5, 0.6) is 0 Å². The van der Waals surface area contributed by atoms with Crippen LogP contribution in [0, 0.1) is 5.92 Å². The van der Waals surface area contributed by atoms with Crippen LogP contribution in [-0.2, 0) is 4.79 Å². The minimum Gasteiger partial charge on any atom is -0.353 e. The maximum Gasteiger partial charge on any atom is 0.221 e. The van der Waals surface area contributed by atoms with Gasteiger partial charge in [-0.05, 0) is 31.6 Å². The lowest BCUT2D eigenvalue weighted by atomic mass is 10.0. The fraction of sp³-hybridized carbons (Fsp3) is 0.929. The van der Waals surface area contributed by atoms with Gasteiger partial charge in [0, 0.05) is 37.6 Å². The van der Waals surface area contributed by atoms with Gasteiger partial charge in [0.2, 0.25) is 5.91 Å². The molecule has 1 aliphatic heterocycles. The zero-order valence-electron chi connectivity index (χ0n) is 11.7. The Balaban J connectivity index is 1.65. The number of amides is 1. The minimum atomic E-state index is -0.0171. The summed E-state index contributed by atoms with van der Waals surface area (Å²) in [7, 11) is 0. The van der Waals surface area contributed by atoms with Gasteiger partial charge in [-0.25, -0.2) is 0 Å². The Morgan fingerprint density at radius 1 is 1.28 bits per heavy atom. The van der Waals surface area contributed by atoms with Gasteiger partial charge < -0.3 is 16.0 Å². The number of rotatable bonds is 5. The standard InChI is InChI=1S/C14H27N3O/c1-10(2)13(15)9-14(18)16-11-5-7-17(8-6-11)12-3-4-12/h10-13H,3-9,15H2,1-2H3,(H,16,18). The molecule has 0 aromatic heterocycles. The Hall–Kier alpha value is -0.610. The van der Waals surface area contributed by atoms with Gasteiger partial charge in [-0.3, -0.25) is 4.79 Å². The molecular formula is C14H27N3O. The third kappa shape index (κ3) is 3.95. The molecule has 4 nitrogen and oxygen atoms in total. The van der Waals surface area contributed by atoms with Gasteiger partial charge in [-0.15, -0.1) is 0 Å². The Labute approximate surface area is 110 Å². The molecule has 1 atom stereocenters. The molecule has 0 aromatic rings. The van der Waals surface area contributed by atoms with Crippen molar-refractivity contribution in [3.63, 3.8) is 0 Å². The molecule has 104 valence electrons. The summed E-state index contributed by atoms with van der Waals surface area (Å²) in [5.41, 5.74) is 5.92. The lowest BCUT2D eigenvalue weighted by molar-refractivity contribution is -0.122. The SMILES string of the molecule is CC(C)C(N)CC(=O)NC1CCN(C2CC2)CC1. The van der Waals surface area contributed by atoms with Crippen molar-refractivity contribution in [2.45, 2.75) is 64.1 Å². The maximum absolute atomic E-state index is 11.8. The van der Waals surface area contributed by atoms with E-state index in [1.54, 1.807) is 0 Å². The lowest BCUT2D eigenvalue weighted by Crippen LogP contribution is -2.46. The zero-order chi connectivity index (χ0) is 13.1. The lowest BCUT2D eigenvalue weighted by Gasteiger charge is -2.32. The molecule has 1 aliphatic carbocycles. The molecule has 4 heteroatoms. The second kappa shape index (κ2) is 6.02. The average molecular weight is 253 g/mol. The summed E-state index contributed by atoms with van der Waals surface area (Å²) in [5.74, 6) is 0.494. The molecule has 0 bridgehead atoms. The number of carbonyl (C=O) groups excluding carboxylic acids is 1. The first-order valence-corrected chi connectivity index (χ1v) is 7.35. The van der Waals surface area contributed by atoms with Gasteiger partial charge in [0.25, 0.3) is 0 Å². The third-order valence-corrected chi connectivity index (χ3v) is 4.24. The number of likely N-dealkylation sites (tertiary alicyclic amines) is 1. The summed E-state index contributed by atoms with van der Waals surface area (Å²) in [4.78, 5) is 14.4. The van der Waals surface area contributed by atoms with Crippen LogP contribution in [-0.4, -0.2) is 42.0 Å². The Bertz CT molecular complexity index is 281.